The van der Waals surface area contributed by atoms with Gasteiger partial charge in [0.2, 0.25) is 11.8 Å². The third-order valence-electron chi connectivity index (χ3n) is 3.82. The van der Waals surface area contributed by atoms with Crippen LogP contribution in [-0.4, -0.2) is 40.9 Å². The van der Waals surface area contributed by atoms with E-state index in [-0.39, 0.29) is 6.42 Å². The van der Waals surface area contributed by atoms with E-state index in [1.54, 1.807) is 0 Å². The summed E-state index contributed by atoms with van der Waals surface area (Å²) in [4.78, 5) is 35.7. The van der Waals surface area contributed by atoms with Crippen LogP contribution in [0.3, 0.4) is 0 Å². The first-order chi connectivity index (χ1) is 11.2. The van der Waals surface area contributed by atoms with Crippen LogP contribution in [0.15, 0.2) is 30.3 Å². The molecule has 0 fully saturated rings. The minimum Gasteiger partial charge on any atom is -0.391 e. The van der Waals surface area contributed by atoms with Gasteiger partial charge in [0, 0.05) is 12.3 Å². The number of hydrogen-bond acceptors (Lipinski definition) is 5. The molecular weight excluding hydrogens is 310 g/mol. The Labute approximate surface area is 141 Å². The molecule has 24 heavy (non-hydrogen) atoms. The number of amides is 2. The molecule has 6 N–H and O–H groups in total. The van der Waals surface area contributed by atoms with Gasteiger partial charge in [-0.25, -0.2) is 0 Å². The van der Waals surface area contributed by atoms with Crippen molar-refractivity contribution in [1.82, 2.24) is 5.32 Å². The van der Waals surface area contributed by atoms with Crippen molar-refractivity contribution in [2.45, 2.75) is 44.9 Å². The van der Waals surface area contributed by atoms with Crippen LogP contribution in [0.4, 0.5) is 0 Å². The van der Waals surface area contributed by atoms with Crippen LogP contribution in [0.5, 0.6) is 0 Å². The molecule has 7 heteroatoms. The summed E-state index contributed by atoms with van der Waals surface area (Å²) in [6.07, 6.45) is -0.809. The van der Waals surface area contributed by atoms with Gasteiger partial charge in [0.1, 0.15) is 6.04 Å². The van der Waals surface area contributed by atoms with Gasteiger partial charge in [0.05, 0.1) is 12.1 Å². The fourth-order valence-corrected chi connectivity index (χ4v) is 2.21. The van der Waals surface area contributed by atoms with E-state index in [1.807, 2.05) is 30.3 Å². The average molecular weight is 335 g/mol. The maximum Gasteiger partial charge on any atom is 0.239 e. The lowest BCUT2D eigenvalue weighted by Crippen LogP contribution is -2.47. The second-order valence-electron chi connectivity index (χ2n) is 5.96. The van der Waals surface area contributed by atoms with Gasteiger partial charge in [0.15, 0.2) is 5.78 Å². The predicted molar refractivity (Wildman–Crippen MR) is 89.7 cm³/mol. The van der Waals surface area contributed by atoms with Gasteiger partial charge < -0.3 is 21.9 Å². The van der Waals surface area contributed by atoms with Gasteiger partial charge in [0.25, 0.3) is 0 Å². The fraction of sp³-hybridized carbons (Fsp3) is 0.471. The van der Waals surface area contributed by atoms with E-state index >= 15 is 0 Å². The predicted octanol–water partition coefficient (Wildman–Crippen LogP) is -0.497. The Morgan fingerprint density at radius 2 is 1.75 bits per heavy atom. The normalized spacial score (nSPS) is 15.8. The van der Waals surface area contributed by atoms with Gasteiger partial charge in [-0.3, -0.25) is 14.4 Å². The second kappa shape index (κ2) is 9.14. The SMILES string of the molecule is CC(O)[C@H](N)C(=O)C[C@@H](Cc1ccccc1)C(=O)N[C@@H](C)C(N)=O. The zero-order chi connectivity index (χ0) is 18.3. The maximum absolute atomic E-state index is 12.4. The van der Waals surface area contributed by atoms with E-state index in [9.17, 15) is 19.5 Å². The zero-order valence-corrected chi connectivity index (χ0v) is 13.9. The van der Waals surface area contributed by atoms with Crippen LogP contribution < -0.4 is 16.8 Å². The van der Waals surface area contributed by atoms with E-state index in [1.165, 1.54) is 13.8 Å². The van der Waals surface area contributed by atoms with Crippen molar-refractivity contribution >= 4 is 17.6 Å². The number of carbonyl (C=O) groups is 3. The number of carbonyl (C=O) groups excluding carboxylic acids is 3. The number of ketones is 1. The summed E-state index contributed by atoms with van der Waals surface area (Å²) >= 11 is 0. The average Bonchev–Trinajstić information content (AvgIpc) is 2.53. The van der Waals surface area contributed by atoms with Gasteiger partial charge in [-0.2, -0.15) is 0 Å². The van der Waals surface area contributed by atoms with Crippen molar-refractivity contribution < 1.29 is 19.5 Å². The number of hydrogen-bond donors (Lipinski definition) is 4. The van der Waals surface area contributed by atoms with E-state index in [0.29, 0.717) is 6.42 Å². The summed E-state index contributed by atoms with van der Waals surface area (Å²) in [6, 6.07) is 7.32. The van der Waals surface area contributed by atoms with Crippen molar-refractivity contribution in [3.8, 4) is 0 Å². The third-order valence-corrected chi connectivity index (χ3v) is 3.82. The fourth-order valence-electron chi connectivity index (χ4n) is 2.21. The molecule has 0 aliphatic rings. The lowest BCUT2D eigenvalue weighted by atomic mass is 9.90. The van der Waals surface area contributed by atoms with Crippen LogP contribution in [0, 0.1) is 5.92 Å². The summed E-state index contributed by atoms with van der Waals surface area (Å²) in [5.74, 6) is -2.22. The number of aliphatic hydroxyl groups is 1. The minimum absolute atomic E-state index is 0.127. The van der Waals surface area contributed by atoms with Gasteiger partial charge in [-0.15, -0.1) is 0 Å². The molecule has 132 valence electrons. The Kier molecular flexibility index (Phi) is 7.54. The van der Waals surface area contributed by atoms with Crippen molar-refractivity contribution in [2.24, 2.45) is 17.4 Å². The van der Waals surface area contributed by atoms with Crippen LogP contribution in [0.25, 0.3) is 0 Å². The Morgan fingerprint density at radius 3 is 2.25 bits per heavy atom. The Morgan fingerprint density at radius 1 is 1.17 bits per heavy atom. The van der Waals surface area contributed by atoms with Crippen LogP contribution in [-0.2, 0) is 20.8 Å². The molecule has 1 unspecified atom stereocenters. The first-order valence-corrected chi connectivity index (χ1v) is 7.82. The van der Waals surface area contributed by atoms with Crippen molar-refractivity contribution in [3.63, 3.8) is 0 Å². The number of nitrogens with one attached hydrogen (secondary N) is 1. The number of benzene rings is 1. The number of nitrogens with two attached hydrogens (primary N) is 2. The summed E-state index contributed by atoms with van der Waals surface area (Å²) in [5.41, 5.74) is 11.7. The molecule has 1 aromatic carbocycles. The second-order valence-corrected chi connectivity index (χ2v) is 5.96. The van der Waals surface area contributed by atoms with Crippen molar-refractivity contribution in [2.75, 3.05) is 0 Å². The Bertz CT molecular complexity index is 574. The first-order valence-electron chi connectivity index (χ1n) is 7.82. The molecule has 1 aromatic rings. The molecule has 2 amide bonds. The summed E-state index contributed by atoms with van der Waals surface area (Å²) < 4.78 is 0. The Balaban J connectivity index is 2.88. The van der Waals surface area contributed by atoms with Crippen LogP contribution in [0.2, 0.25) is 0 Å². The smallest absolute Gasteiger partial charge is 0.239 e. The molecule has 0 radical (unpaired) electrons. The highest BCUT2D eigenvalue weighted by molar-refractivity contribution is 5.92. The number of aliphatic hydroxyl groups excluding tert-OH is 1. The topological polar surface area (TPSA) is 136 Å². The van der Waals surface area contributed by atoms with Crippen molar-refractivity contribution in [3.05, 3.63) is 35.9 Å². The molecule has 4 atom stereocenters. The number of primary amides is 1. The van der Waals surface area contributed by atoms with Gasteiger partial charge in [-0.05, 0) is 25.8 Å². The molecule has 0 aliphatic carbocycles. The van der Waals surface area contributed by atoms with Crippen LogP contribution >= 0.6 is 0 Å². The molecule has 0 heterocycles. The summed E-state index contributed by atoms with van der Waals surface area (Å²) in [5, 5.41) is 11.9. The molecular formula is C17H25N3O4. The highest BCUT2D eigenvalue weighted by Gasteiger charge is 2.28. The van der Waals surface area contributed by atoms with Gasteiger partial charge in [-0.1, -0.05) is 30.3 Å². The molecule has 0 saturated carbocycles. The lowest BCUT2D eigenvalue weighted by molar-refractivity contribution is -0.132. The minimum atomic E-state index is -1.05. The van der Waals surface area contributed by atoms with E-state index in [2.05, 4.69) is 5.32 Å². The standard InChI is InChI=1S/C17H25N3O4/c1-10(16(19)23)20-17(24)13(8-12-6-4-3-5-7-12)9-14(22)15(18)11(2)21/h3-7,10-11,13,15,21H,8-9,18H2,1-2H3,(H2,19,23)(H,20,24)/t10-,11?,13+,15-/m0/s1. The zero-order valence-electron chi connectivity index (χ0n) is 13.9. The largest absolute Gasteiger partial charge is 0.391 e. The van der Waals surface area contributed by atoms with Crippen molar-refractivity contribution in [1.29, 1.82) is 0 Å². The number of rotatable bonds is 9. The summed E-state index contributed by atoms with van der Waals surface area (Å²) in [7, 11) is 0. The lowest BCUT2D eigenvalue weighted by Gasteiger charge is -2.21. The van der Waals surface area contributed by atoms with Crippen LogP contribution in [0.1, 0.15) is 25.8 Å². The Hall–Kier alpha value is -2.25. The first kappa shape index (κ1) is 19.8. The molecule has 0 spiro atoms. The molecule has 7 nitrogen and oxygen atoms in total. The maximum atomic E-state index is 12.4. The number of Topliss-reactive ketones (excluding diaryl/α,β-unsaturated/α-hetero) is 1. The molecule has 0 aliphatic heterocycles. The quantitative estimate of drug-likeness (QED) is 0.482. The molecule has 0 aromatic heterocycles. The van der Waals surface area contributed by atoms with E-state index < -0.39 is 41.7 Å². The van der Waals surface area contributed by atoms with E-state index in [0.717, 1.165) is 5.56 Å². The summed E-state index contributed by atoms with van der Waals surface area (Å²) in [6.45, 7) is 2.90. The molecule has 0 saturated heterocycles. The van der Waals surface area contributed by atoms with E-state index in [4.69, 9.17) is 11.5 Å². The monoisotopic (exact) mass is 335 g/mol. The highest BCUT2D eigenvalue weighted by Crippen LogP contribution is 2.15. The molecule has 0 bridgehead atoms. The van der Waals surface area contributed by atoms with Gasteiger partial charge >= 0.3 is 0 Å². The third kappa shape index (κ3) is 6.10. The molecule has 1 rings (SSSR count). The highest BCUT2D eigenvalue weighted by atomic mass is 16.3.